The predicted octanol–water partition coefficient (Wildman–Crippen LogP) is 2.85. The zero-order valence-corrected chi connectivity index (χ0v) is 17.9. The van der Waals surface area contributed by atoms with E-state index in [-0.39, 0.29) is 35.1 Å². The first-order valence-corrected chi connectivity index (χ1v) is 12.0. The Labute approximate surface area is 174 Å². The molecule has 2 heterocycles. The third-order valence-corrected chi connectivity index (χ3v) is 8.32. The normalized spacial score (nSPS) is 23.9. The highest BCUT2D eigenvalue weighted by Gasteiger charge is 2.49. The van der Waals surface area contributed by atoms with Gasteiger partial charge >= 0.3 is 0 Å². The Kier molecular flexibility index (Phi) is 5.40. The molecule has 0 radical (unpaired) electrons. The van der Waals surface area contributed by atoms with Gasteiger partial charge < -0.3 is 9.64 Å². The molecule has 2 aliphatic heterocycles. The number of rotatable bonds is 4. The van der Waals surface area contributed by atoms with Gasteiger partial charge in [-0.25, -0.2) is 8.42 Å². The van der Waals surface area contributed by atoms with E-state index < -0.39 is 9.84 Å². The van der Waals surface area contributed by atoms with Gasteiger partial charge in [0, 0.05) is 10.9 Å². The number of nitrogens with zero attached hydrogens (tertiary/aromatic N) is 2. The number of anilines is 1. The van der Waals surface area contributed by atoms with Crippen LogP contribution >= 0.6 is 11.8 Å². The summed E-state index contributed by atoms with van der Waals surface area (Å²) in [5, 5.41) is 0.478. The first kappa shape index (κ1) is 20.0. The molecule has 2 fully saturated rings. The van der Waals surface area contributed by atoms with Crippen LogP contribution in [0.2, 0.25) is 0 Å². The summed E-state index contributed by atoms with van der Waals surface area (Å²) in [7, 11) is -1.48. The number of fused-ring (bicyclic) bond motifs is 1. The van der Waals surface area contributed by atoms with Crippen LogP contribution < -0.4 is 9.64 Å². The lowest BCUT2D eigenvalue weighted by Gasteiger charge is -2.24. The van der Waals surface area contributed by atoms with Crippen molar-refractivity contribution in [3.8, 4) is 5.75 Å². The smallest absolute Gasteiger partial charge is 0.252 e. The minimum Gasteiger partial charge on any atom is -0.497 e. The second-order valence-corrected chi connectivity index (χ2v) is 10.7. The Morgan fingerprint density at radius 1 is 1.14 bits per heavy atom. The predicted molar refractivity (Wildman–Crippen MR) is 117 cm³/mol. The summed E-state index contributed by atoms with van der Waals surface area (Å²) < 4.78 is 29.4. The highest BCUT2D eigenvalue weighted by molar-refractivity contribution is 8.16. The Morgan fingerprint density at radius 3 is 2.48 bits per heavy atom. The van der Waals surface area contributed by atoms with E-state index in [1.54, 1.807) is 7.11 Å². The third kappa shape index (κ3) is 4.33. The van der Waals surface area contributed by atoms with E-state index in [0.717, 1.165) is 22.6 Å². The lowest BCUT2D eigenvalue weighted by atomic mass is 10.1. The highest BCUT2D eigenvalue weighted by Crippen LogP contribution is 2.41. The van der Waals surface area contributed by atoms with Crippen molar-refractivity contribution in [1.29, 1.82) is 0 Å². The topological polar surface area (TPSA) is 76.0 Å². The summed E-state index contributed by atoms with van der Waals surface area (Å²) in [6.07, 6.45) is 0.184. The summed E-state index contributed by atoms with van der Waals surface area (Å²) in [6, 6.07) is 15.0. The van der Waals surface area contributed by atoms with Crippen LogP contribution in [0.1, 0.15) is 11.1 Å². The van der Waals surface area contributed by atoms with Gasteiger partial charge in [-0.2, -0.15) is 4.99 Å². The van der Waals surface area contributed by atoms with E-state index in [1.165, 1.54) is 11.8 Å². The SMILES string of the molecule is COc1ccc(CC(=O)N=C2S[C@H]3CS(=O)(=O)C[C@@H]3N2c2ccc(C)cc2)cc1. The largest absolute Gasteiger partial charge is 0.497 e. The van der Waals surface area contributed by atoms with E-state index in [1.807, 2.05) is 60.4 Å². The van der Waals surface area contributed by atoms with Crippen LogP contribution in [0.5, 0.6) is 5.75 Å². The van der Waals surface area contributed by atoms with Crippen molar-refractivity contribution < 1.29 is 17.9 Å². The number of methoxy groups -OCH3 is 1. The summed E-state index contributed by atoms with van der Waals surface area (Å²) >= 11 is 1.39. The Morgan fingerprint density at radius 2 is 1.83 bits per heavy atom. The second-order valence-electron chi connectivity index (χ2n) is 7.32. The van der Waals surface area contributed by atoms with Gasteiger partial charge in [0.25, 0.3) is 5.91 Å². The number of amides is 1. The van der Waals surface area contributed by atoms with Crippen molar-refractivity contribution in [1.82, 2.24) is 0 Å². The lowest BCUT2D eigenvalue weighted by molar-refractivity contribution is -0.117. The average Bonchev–Trinajstić information content (AvgIpc) is 3.14. The van der Waals surface area contributed by atoms with Crippen molar-refractivity contribution in [2.24, 2.45) is 4.99 Å². The fraction of sp³-hybridized carbons (Fsp3) is 0.333. The maximum Gasteiger partial charge on any atom is 0.252 e. The number of hydrogen-bond donors (Lipinski definition) is 0. The number of sulfone groups is 1. The van der Waals surface area contributed by atoms with E-state index in [2.05, 4.69) is 4.99 Å². The fourth-order valence-corrected chi connectivity index (χ4v) is 7.57. The first-order valence-electron chi connectivity index (χ1n) is 9.32. The average molecular weight is 431 g/mol. The van der Waals surface area contributed by atoms with Gasteiger partial charge in [0.05, 0.1) is 31.1 Å². The molecule has 4 rings (SSSR count). The number of carbonyl (C=O) groups excluding carboxylic acids is 1. The van der Waals surface area contributed by atoms with Gasteiger partial charge in [-0.3, -0.25) is 4.79 Å². The van der Waals surface area contributed by atoms with E-state index in [9.17, 15) is 13.2 Å². The van der Waals surface area contributed by atoms with Crippen LogP contribution in [-0.2, 0) is 21.1 Å². The molecule has 6 nitrogen and oxygen atoms in total. The van der Waals surface area contributed by atoms with Crippen molar-refractivity contribution in [2.45, 2.75) is 24.6 Å². The standard InChI is InChI=1S/C21H22N2O4S2/c1-14-3-7-16(8-4-14)23-18-12-29(25,26)13-19(18)28-21(23)22-20(24)11-15-5-9-17(27-2)10-6-15/h3-10,18-19H,11-13H2,1-2H3/t18-,19-/m0/s1. The van der Waals surface area contributed by atoms with Gasteiger partial charge in [-0.05, 0) is 36.8 Å². The summed E-state index contributed by atoms with van der Waals surface area (Å²) in [5.41, 5.74) is 2.83. The highest BCUT2D eigenvalue weighted by atomic mass is 32.2. The molecule has 0 aromatic heterocycles. The van der Waals surface area contributed by atoms with Crippen LogP contribution in [0.25, 0.3) is 0 Å². The molecule has 29 heavy (non-hydrogen) atoms. The summed E-state index contributed by atoms with van der Waals surface area (Å²) in [5.74, 6) is 0.691. The molecule has 8 heteroatoms. The van der Waals surface area contributed by atoms with Gasteiger partial charge in [0.15, 0.2) is 15.0 Å². The zero-order valence-electron chi connectivity index (χ0n) is 16.2. The molecule has 2 saturated heterocycles. The Bertz CT molecular complexity index is 1050. The number of hydrogen-bond acceptors (Lipinski definition) is 5. The first-order chi connectivity index (χ1) is 13.8. The summed E-state index contributed by atoms with van der Waals surface area (Å²) in [6.45, 7) is 2.00. The van der Waals surface area contributed by atoms with E-state index in [4.69, 9.17) is 4.74 Å². The van der Waals surface area contributed by atoms with E-state index in [0.29, 0.717) is 5.17 Å². The molecule has 0 aliphatic carbocycles. The van der Waals surface area contributed by atoms with Crippen LogP contribution in [-0.4, -0.2) is 49.4 Å². The molecule has 0 N–H and O–H groups in total. The molecule has 1 amide bonds. The number of carbonyl (C=O) groups is 1. The van der Waals surface area contributed by atoms with Crippen molar-refractivity contribution in [3.05, 3.63) is 59.7 Å². The maximum absolute atomic E-state index is 12.6. The molecule has 2 aliphatic rings. The van der Waals surface area contributed by atoms with E-state index >= 15 is 0 Å². The van der Waals surface area contributed by atoms with Crippen LogP contribution in [0.3, 0.4) is 0 Å². The quantitative estimate of drug-likeness (QED) is 0.743. The number of benzene rings is 2. The number of thioether (sulfide) groups is 1. The van der Waals surface area contributed by atoms with Gasteiger partial charge in [-0.15, -0.1) is 0 Å². The third-order valence-electron chi connectivity index (χ3n) is 5.11. The summed E-state index contributed by atoms with van der Waals surface area (Å²) in [4.78, 5) is 18.9. The van der Waals surface area contributed by atoms with Gasteiger partial charge in [0.2, 0.25) is 0 Å². The molecule has 2 aromatic rings. The van der Waals surface area contributed by atoms with Crippen LogP contribution in [0.4, 0.5) is 5.69 Å². The molecule has 0 saturated carbocycles. The Hall–Kier alpha value is -2.32. The molecule has 2 atom stereocenters. The molecular weight excluding hydrogens is 408 g/mol. The molecule has 0 spiro atoms. The number of ether oxygens (including phenoxy) is 1. The minimum absolute atomic E-state index is 0.0875. The van der Waals surface area contributed by atoms with Crippen LogP contribution in [0, 0.1) is 6.92 Å². The number of aliphatic imine (C=N–C) groups is 1. The van der Waals surface area contributed by atoms with Crippen molar-refractivity contribution in [3.63, 3.8) is 0 Å². The minimum atomic E-state index is -3.08. The molecule has 0 unspecified atom stereocenters. The van der Waals surface area contributed by atoms with Crippen molar-refractivity contribution in [2.75, 3.05) is 23.5 Å². The van der Waals surface area contributed by atoms with Crippen LogP contribution in [0.15, 0.2) is 53.5 Å². The fourth-order valence-electron chi connectivity index (χ4n) is 3.64. The molecule has 0 bridgehead atoms. The molecule has 152 valence electrons. The zero-order chi connectivity index (χ0) is 20.6. The van der Waals surface area contributed by atoms with Gasteiger partial charge in [0.1, 0.15) is 5.75 Å². The lowest BCUT2D eigenvalue weighted by Crippen LogP contribution is -2.37. The maximum atomic E-state index is 12.6. The molecule has 2 aromatic carbocycles. The number of amidine groups is 1. The number of aryl methyl sites for hydroxylation is 1. The Balaban J connectivity index is 1.60. The van der Waals surface area contributed by atoms with Gasteiger partial charge in [-0.1, -0.05) is 41.6 Å². The molecular formula is C21H22N2O4S2. The second kappa shape index (κ2) is 7.84. The monoisotopic (exact) mass is 430 g/mol. The van der Waals surface area contributed by atoms with Crippen molar-refractivity contribution >= 4 is 38.4 Å².